The molecule has 0 radical (unpaired) electrons. The van der Waals surface area contributed by atoms with Crippen LogP contribution in [-0.2, 0) is 6.54 Å². The smallest absolute Gasteiger partial charge is 0.161 e. The molecule has 0 aliphatic heterocycles. The fraction of sp³-hybridized carbons (Fsp3) is 0.188. The van der Waals surface area contributed by atoms with Crippen LogP contribution in [0.5, 0.6) is 11.5 Å². The average molecular weight is 270 g/mol. The second-order valence-electron chi connectivity index (χ2n) is 4.19. The molecule has 1 N–H and O–H groups in total. The number of benzene rings is 2. The van der Waals surface area contributed by atoms with Crippen LogP contribution < -0.4 is 14.9 Å². The standard InChI is InChI=1S/C16H18N2O2/c1-19-15-9-8-14(10-16(15)20-2)12-18-17-11-13-6-4-3-5-7-13/h3-10,12,17H,11H2,1-2H3/b18-12+. The third-order valence-electron chi connectivity index (χ3n) is 2.84. The Morgan fingerprint density at radius 2 is 1.75 bits per heavy atom. The molecule has 0 aliphatic carbocycles. The topological polar surface area (TPSA) is 42.8 Å². The van der Waals surface area contributed by atoms with Crippen molar-refractivity contribution in [1.29, 1.82) is 0 Å². The van der Waals surface area contributed by atoms with Crippen molar-refractivity contribution in [2.75, 3.05) is 14.2 Å². The number of nitrogens with zero attached hydrogens (tertiary/aromatic N) is 1. The van der Waals surface area contributed by atoms with Gasteiger partial charge in [0.05, 0.1) is 27.0 Å². The van der Waals surface area contributed by atoms with Crippen LogP contribution in [-0.4, -0.2) is 20.4 Å². The van der Waals surface area contributed by atoms with Gasteiger partial charge in [-0.2, -0.15) is 5.10 Å². The molecule has 20 heavy (non-hydrogen) atoms. The first-order valence-electron chi connectivity index (χ1n) is 6.35. The van der Waals surface area contributed by atoms with E-state index in [4.69, 9.17) is 9.47 Å². The highest BCUT2D eigenvalue weighted by Crippen LogP contribution is 2.26. The van der Waals surface area contributed by atoms with Crippen LogP contribution in [0.25, 0.3) is 0 Å². The highest BCUT2D eigenvalue weighted by Gasteiger charge is 2.02. The second kappa shape index (κ2) is 7.19. The van der Waals surface area contributed by atoms with E-state index in [2.05, 4.69) is 22.7 Å². The first-order valence-corrected chi connectivity index (χ1v) is 6.35. The van der Waals surface area contributed by atoms with Crippen LogP contribution in [0.3, 0.4) is 0 Å². The highest BCUT2D eigenvalue weighted by molar-refractivity contribution is 5.80. The summed E-state index contributed by atoms with van der Waals surface area (Å²) < 4.78 is 10.4. The van der Waals surface area contributed by atoms with E-state index in [1.807, 2.05) is 36.4 Å². The molecule has 104 valence electrons. The van der Waals surface area contributed by atoms with Crippen molar-refractivity contribution < 1.29 is 9.47 Å². The maximum absolute atomic E-state index is 5.25. The van der Waals surface area contributed by atoms with Crippen LogP contribution >= 0.6 is 0 Å². The van der Waals surface area contributed by atoms with Gasteiger partial charge in [0.1, 0.15) is 0 Å². The Morgan fingerprint density at radius 3 is 2.45 bits per heavy atom. The molecular formula is C16H18N2O2. The molecule has 0 fully saturated rings. The predicted molar refractivity (Wildman–Crippen MR) is 80.4 cm³/mol. The minimum atomic E-state index is 0.694. The van der Waals surface area contributed by atoms with Crippen LogP contribution in [0.15, 0.2) is 53.6 Å². The number of hydrogen-bond donors (Lipinski definition) is 1. The number of nitrogens with one attached hydrogen (secondary N) is 1. The van der Waals surface area contributed by atoms with Crippen molar-refractivity contribution in [3.63, 3.8) is 0 Å². The van der Waals surface area contributed by atoms with Gasteiger partial charge in [-0.3, -0.25) is 0 Å². The van der Waals surface area contributed by atoms with Gasteiger partial charge < -0.3 is 14.9 Å². The number of ether oxygens (including phenoxy) is 2. The fourth-order valence-corrected chi connectivity index (χ4v) is 1.79. The lowest BCUT2D eigenvalue weighted by atomic mass is 10.2. The van der Waals surface area contributed by atoms with Gasteiger partial charge in [-0.05, 0) is 29.3 Å². The van der Waals surface area contributed by atoms with E-state index < -0.39 is 0 Å². The minimum absolute atomic E-state index is 0.694. The maximum atomic E-state index is 5.25. The van der Waals surface area contributed by atoms with Crippen molar-refractivity contribution in [3.05, 3.63) is 59.7 Å². The van der Waals surface area contributed by atoms with Gasteiger partial charge in [0, 0.05) is 0 Å². The van der Waals surface area contributed by atoms with Gasteiger partial charge in [-0.1, -0.05) is 30.3 Å². The van der Waals surface area contributed by atoms with E-state index in [0.29, 0.717) is 18.0 Å². The van der Waals surface area contributed by atoms with Crippen molar-refractivity contribution >= 4 is 6.21 Å². The first kappa shape index (κ1) is 13.9. The Bertz CT molecular complexity index is 568. The molecule has 2 aromatic carbocycles. The quantitative estimate of drug-likeness (QED) is 0.648. The zero-order valence-electron chi connectivity index (χ0n) is 11.7. The number of hydrazone groups is 1. The fourth-order valence-electron chi connectivity index (χ4n) is 1.79. The minimum Gasteiger partial charge on any atom is -0.493 e. The maximum Gasteiger partial charge on any atom is 0.161 e. The van der Waals surface area contributed by atoms with E-state index in [1.165, 1.54) is 5.56 Å². The van der Waals surface area contributed by atoms with Gasteiger partial charge in [0.15, 0.2) is 11.5 Å². The molecule has 0 atom stereocenters. The summed E-state index contributed by atoms with van der Waals surface area (Å²) in [5.74, 6) is 1.40. The zero-order chi connectivity index (χ0) is 14.2. The molecule has 0 unspecified atom stereocenters. The van der Waals surface area contributed by atoms with E-state index in [-0.39, 0.29) is 0 Å². The molecule has 0 heterocycles. The monoisotopic (exact) mass is 270 g/mol. The molecule has 0 saturated heterocycles. The lowest BCUT2D eigenvalue weighted by molar-refractivity contribution is 0.355. The Morgan fingerprint density at radius 1 is 1.00 bits per heavy atom. The molecule has 2 rings (SSSR count). The van der Waals surface area contributed by atoms with Crippen LogP contribution in [0.4, 0.5) is 0 Å². The highest BCUT2D eigenvalue weighted by atomic mass is 16.5. The number of methoxy groups -OCH3 is 2. The Labute approximate surface area is 119 Å². The summed E-state index contributed by atoms with van der Waals surface area (Å²) in [5, 5.41) is 4.20. The first-order chi connectivity index (χ1) is 9.83. The molecule has 0 aliphatic rings. The molecule has 0 amide bonds. The lowest BCUT2D eigenvalue weighted by Crippen LogP contribution is -2.05. The molecule has 4 heteroatoms. The van der Waals surface area contributed by atoms with Crippen molar-refractivity contribution in [3.8, 4) is 11.5 Å². The summed E-state index contributed by atoms with van der Waals surface area (Å²) in [4.78, 5) is 0. The SMILES string of the molecule is COc1ccc(/C=N/NCc2ccccc2)cc1OC. The summed E-state index contributed by atoms with van der Waals surface area (Å²) in [6.45, 7) is 0.699. The molecule has 0 spiro atoms. The molecule has 0 aromatic heterocycles. The van der Waals surface area contributed by atoms with Gasteiger partial charge in [-0.15, -0.1) is 0 Å². The molecular weight excluding hydrogens is 252 g/mol. The molecule has 4 nitrogen and oxygen atoms in total. The largest absolute Gasteiger partial charge is 0.493 e. The van der Waals surface area contributed by atoms with Crippen LogP contribution in [0, 0.1) is 0 Å². The van der Waals surface area contributed by atoms with E-state index >= 15 is 0 Å². The second-order valence-corrected chi connectivity index (χ2v) is 4.19. The summed E-state index contributed by atoms with van der Waals surface area (Å²) in [6.07, 6.45) is 1.75. The van der Waals surface area contributed by atoms with Crippen molar-refractivity contribution in [2.45, 2.75) is 6.54 Å². The van der Waals surface area contributed by atoms with Gasteiger partial charge in [-0.25, -0.2) is 0 Å². The van der Waals surface area contributed by atoms with Crippen molar-refractivity contribution in [1.82, 2.24) is 5.43 Å². The zero-order valence-corrected chi connectivity index (χ0v) is 11.7. The van der Waals surface area contributed by atoms with Gasteiger partial charge in [0.25, 0.3) is 0 Å². The Kier molecular flexibility index (Phi) is 5.00. The molecule has 0 bridgehead atoms. The molecule has 2 aromatic rings. The summed E-state index contributed by atoms with van der Waals surface area (Å²) in [7, 11) is 3.24. The van der Waals surface area contributed by atoms with Gasteiger partial charge >= 0.3 is 0 Å². The summed E-state index contributed by atoms with van der Waals surface area (Å²) >= 11 is 0. The average Bonchev–Trinajstić information content (AvgIpc) is 2.52. The van der Waals surface area contributed by atoms with Gasteiger partial charge in [0.2, 0.25) is 0 Å². The number of rotatable bonds is 6. The Hall–Kier alpha value is -2.49. The van der Waals surface area contributed by atoms with Crippen LogP contribution in [0.2, 0.25) is 0 Å². The summed E-state index contributed by atoms with van der Waals surface area (Å²) in [5.41, 5.74) is 5.15. The Balaban J connectivity index is 1.94. The predicted octanol–water partition coefficient (Wildman–Crippen LogP) is 2.83. The lowest BCUT2D eigenvalue weighted by Gasteiger charge is -2.07. The molecule has 0 saturated carbocycles. The van der Waals surface area contributed by atoms with Crippen molar-refractivity contribution in [2.24, 2.45) is 5.10 Å². The van der Waals surface area contributed by atoms with E-state index in [0.717, 1.165) is 5.56 Å². The van der Waals surface area contributed by atoms with Crippen LogP contribution in [0.1, 0.15) is 11.1 Å². The van der Waals surface area contributed by atoms with E-state index in [9.17, 15) is 0 Å². The summed E-state index contributed by atoms with van der Waals surface area (Å²) in [6, 6.07) is 15.8. The third-order valence-corrected chi connectivity index (χ3v) is 2.84. The number of hydrogen-bond acceptors (Lipinski definition) is 4. The normalized spacial score (nSPS) is 10.5. The van der Waals surface area contributed by atoms with E-state index in [1.54, 1.807) is 20.4 Å². The third kappa shape index (κ3) is 3.75.